The van der Waals surface area contributed by atoms with Crippen LogP contribution in [0.3, 0.4) is 0 Å². The molecular formula is C10H13N3O3S2. The molecule has 1 aromatic rings. The van der Waals surface area contributed by atoms with E-state index >= 15 is 0 Å². The van der Waals surface area contributed by atoms with Crippen LogP contribution in [0.25, 0.3) is 0 Å². The lowest BCUT2D eigenvalue weighted by Gasteiger charge is -1.99. The summed E-state index contributed by atoms with van der Waals surface area (Å²) >= 11 is 1.32. The highest BCUT2D eigenvalue weighted by Gasteiger charge is 2.32. The van der Waals surface area contributed by atoms with Crippen molar-refractivity contribution in [2.75, 3.05) is 17.3 Å². The van der Waals surface area contributed by atoms with Crippen molar-refractivity contribution in [1.82, 2.24) is 10.2 Å². The topological polar surface area (TPSA) is 96.9 Å². The normalized spacial score (nSPS) is 23.7. The van der Waals surface area contributed by atoms with Crippen LogP contribution in [0.15, 0.2) is 9.64 Å². The molecule has 2 heterocycles. The zero-order chi connectivity index (χ0) is 13.2. The van der Waals surface area contributed by atoms with Crippen molar-refractivity contribution in [3.05, 3.63) is 5.89 Å². The van der Waals surface area contributed by atoms with Crippen LogP contribution in [-0.2, 0) is 9.84 Å². The van der Waals surface area contributed by atoms with Gasteiger partial charge in [-0.3, -0.25) is 0 Å². The number of nitrogens with zero attached hydrogens (tertiary/aromatic N) is 3. The van der Waals surface area contributed by atoms with Gasteiger partial charge in [0.15, 0.2) is 9.84 Å². The number of hydrogen-bond donors (Lipinski definition) is 0. The minimum Gasteiger partial charge on any atom is -0.416 e. The van der Waals surface area contributed by atoms with E-state index in [0.29, 0.717) is 23.3 Å². The van der Waals surface area contributed by atoms with Gasteiger partial charge < -0.3 is 4.42 Å². The lowest BCUT2D eigenvalue weighted by molar-refractivity contribution is 0.393. The average molecular weight is 287 g/mol. The number of sulfone groups is 1. The minimum atomic E-state index is -2.94. The largest absolute Gasteiger partial charge is 0.416 e. The Morgan fingerprint density at radius 3 is 3.00 bits per heavy atom. The van der Waals surface area contributed by atoms with Crippen molar-refractivity contribution in [3.8, 4) is 6.07 Å². The first-order chi connectivity index (χ1) is 8.50. The molecule has 0 saturated carbocycles. The average Bonchev–Trinajstić information content (AvgIpc) is 2.92. The molecule has 0 bridgehead atoms. The smallest absolute Gasteiger partial charge is 0.276 e. The number of aromatic nitrogens is 2. The Labute approximate surface area is 110 Å². The molecule has 0 aromatic carbocycles. The predicted molar refractivity (Wildman–Crippen MR) is 65.8 cm³/mol. The molecule has 1 saturated heterocycles. The third-order valence-corrected chi connectivity index (χ3v) is 5.53. The van der Waals surface area contributed by atoms with Crippen molar-refractivity contribution in [3.63, 3.8) is 0 Å². The van der Waals surface area contributed by atoms with Gasteiger partial charge in [-0.15, -0.1) is 10.2 Å². The predicted octanol–water partition coefficient (Wildman–Crippen LogP) is 1.22. The SMILES string of the molecule is C[C@H](C#N)CSc1nnc([C@H]2CCS(=O)(=O)C2)o1. The summed E-state index contributed by atoms with van der Waals surface area (Å²) in [4.78, 5) is 0. The minimum absolute atomic E-state index is 0.0859. The zero-order valence-electron chi connectivity index (χ0n) is 9.87. The molecular weight excluding hydrogens is 274 g/mol. The van der Waals surface area contributed by atoms with Crippen LogP contribution in [0.4, 0.5) is 0 Å². The first kappa shape index (κ1) is 13.4. The van der Waals surface area contributed by atoms with Gasteiger partial charge in [0.25, 0.3) is 5.22 Å². The Kier molecular flexibility index (Phi) is 3.92. The highest BCUT2D eigenvalue weighted by atomic mass is 32.2. The highest BCUT2D eigenvalue weighted by Crippen LogP contribution is 2.29. The molecule has 1 aromatic heterocycles. The Balaban J connectivity index is 1.97. The molecule has 1 fully saturated rings. The first-order valence-electron chi connectivity index (χ1n) is 5.56. The van der Waals surface area contributed by atoms with E-state index < -0.39 is 9.84 Å². The van der Waals surface area contributed by atoms with Gasteiger partial charge in [-0.2, -0.15) is 5.26 Å². The molecule has 98 valence electrons. The van der Waals surface area contributed by atoms with E-state index in [-0.39, 0.29) is 23.3 Å². The summed E-state index contributed by atoms with van der Waals surface area (Å²) in [7, 11) is -2.94. The Hall–Kier alpha value is -1.07. The second-order valence-electron chi connectivity index (χ2n) is 4.35. The van der Waals surface area contributed by atoms with E-state index in [4.69, 9.17) is 9.68 Å². The fraction of sp³-hybridized carbons (Fsp3) is 0.700. The monoisotopic (exact) mass is 287 g/mol. The van der Waals surface area contributed by atoms with Crippen LogP contribution in [0.5, 0.6) is 0 Å². The molecule has 6 nitrogen and oxygen atoms in total. The van der Waals surface area contributed by atoms with Gasteiger partial charge in [0.05, 0.1) is 29.4 Å². The number of nitriles is 1. The molecule has 2 atom stereocenters. The molecule has 2 rings (SSSR count). The lowest BCUT2D eigenvalue weighted by Crippen LogP contribution is -2.03. The fourth-order valence-electron chi connectivity index (χ4n) is 1.67. The van der Waals surface area contributed by atoms with Crippen LogP contribution in [-0.4, -0.2) is 35.9 Å². The fourth-order valence-corrected chi connectivity index (χ4v) is 4.11. The summed E-state index contributed by atoms with van der Waals surface area (Å²) in [6.45, 7) is 1.81. The lowest BCUT2D eigenvalue weighted by atomic mass is 10.1. The Morgan fingerprint density at radius 1 is 1.61 bits per heavy atom. The maximum atomic E-state index is 11.3. The number of hydrogen-bond acceptors (Lipinski definition) is 7. The van der Waals surface area contributed by atoms with Crippen molar-refractivity contribution in [2.45, 2.75) is 24.5 Å². The molecule has 0 aliphatic carbocycles. The molecule has 18 heavy (non-hydrogen) atoms. The summed E-state index contributed by atoms with van der Waals surface area (Å²) in [5, 5.41) is 16.8. The molecule has 0 radical (unpaired) electrons. The molecule has 0 unspecified atom stereocenters. The molecule has 0 N–H and O–H groups in total. The van der Waals surface area contributed by atoms with Gasteiger partial charge in [0.2, 0.25) is 5.89 Å². The van der Waals surface area contributed by atoms with Crippen LogP contribution in [0, 0.1) is 17.2 Å². The zero-order valence-corrected chi connectivity index (χ0v) is 11.5. The first-order valence-corrected chi connectivity index (χ1v) is 8.37. The van der Waals surface area contributed by atoms with Crippen molar-refractivity contribution in [2.24, 2.45) is 5.92 Å². The maximum absolute atomic E-state index is 11.3. The third kappa shape index (κ3) is 3.23. The summed E-state index contributed by atoms with van der Waals surface area (Å²) in [6, 6.07) is 2.12. The van der Waals surface area contributed by atoms with E-state index in [2.05, 4.69) is 16.3 Å². The standard InChI is InChI=1S/C10H13N3O3S2/c1-7(4-11)5-17-10-13-12-9(16-10)8-2-3-18(14,15)6-8/h7-8H,2-3,5-6H2,1H3/t7-,8+/m1/s1. The highest BCUT2D eigenvalue weighted by molar-refractivity contribution is 7.99. The van der Waals surface area contributed by atoms with Gasteiger partial charge in [-0.25, -0.2) is 8.42 Å². The summed E-state index contributed by atoms with van der Waals surface area (Å²) < 4.78 is 28.1. The van der Waals surface area contributed by atoms with Gasteiger partial charge in [0.1, 0.15) is 0 Å². The maximum Gasteiger partial charge on any atom is 0.276 e. The molecule has 0 spiro atoms. The van der Waals surface area contributed by atoms with Gasteiger partial charge in [-0.1, -0.05) is 11.8 Å². The van der Waals surface area contributed by atoms with E-state index in [9.17, 15) is 8.42 Å². The van der Waals surface area contributed by atoms with Crippen molar-refractivity contribution < 1.29 is 12.8 Å². The van der Waals surface area contributed by atoms with E-state index in [0.717, 1.165) is 0 Å². The van der Waals surface area contributed by atoms with Crippen molar-refractivity contribution in [1.29, 1.82) is 5.26 Å². The number of thioether (sulfide) groups is 1. The van der Waals surface area contributed by atoms with Crippen LogP contribution < -0.4 is 0 Å². The van der Waals surface area contributed by atoms with Crippen LogP contribution >= 0.6 is 11.8 Å². The number of rotatable bonds is 4. The van der Waals surface area contributed by atoms with Gasteiger partial charge in [-0.05, 0) is 13.3 Å². The van der Waals surface area contributed by atoms with Crippen LogP contribution in [0.2, 0.25) is 0 Å². The Bertz CT molecular complexity index is 561. The summed E-state index contributed by atoms with van der Waals surface area (Å²) in [5.41, 5.74) is 0. The van der Waals surface area contributed by atoms with E-state index in [1.807, 2.05) is 6.92 Å². The van der Waals surface area contributed by atoms with E-state index in [1.165, 1.54) is 11.8 Å². The second-order valence-corrected chi connectivity index (χ2v) is 7.55. The van der Waals surface area contributed by atoms with Crippen molar-refractivity contribution >= 4 is 21.6 Å². The third-order valence-electron chi connectivity index (χ3n) is 2.68. The molecule has 0 amide bonds. The van der Waals surface area contributed by atoms with Gasteiger partial charge >= 0.3 is 0 Å². The summed E-state index contributed by atoms with van der Waals surface area (Å²) in [6.07, 6.45) is 0.545. The van der Waals surface area contributed by atoms with Crippen LogP contribution in [0.1, 0.15) is 25.2 Å². The molecule has 1 aliphatic heterocycles. The van der Waals surface area contributed by atoms with Gasteiger partial charge in [0, 0.05) is 5.75 Å². The van der Waals surface area contributed by atoms with E-state index in [1.54, 1.807) is 0 Å². The molecule has 8 heteroatoms. The quantitative estimate of drug-likeness (QED) is 0.768. The molecule has 1 aliphatic rings. The Morgan fingerprint density at radius 2 is 2.39 bits per heavy atom. The summed E-state index contributed by atoms with van der Waals surface area (Å²) in [5.74, 6) is 0.994. The second kappa shape index (κ2) is 5.28.